The van der Waals surface area contributed by atoms with Crippen LogP contribution in [-0.4, -0.2) is 14.5 Å². The molecule has 0 bridgehead atoms. The van der Waals surface area contributed by atoms with E-state index in [0.717, 1.165) is 12.1 Å². The zero-order chi connectivity index (χ0) is 19.8. The minimum atomic E-state index is -0.216. The molecule has 4 rings (SSSR count). The molecule has 1 aromatic carbocycles. The molecule has 142 valence electrons. The Balaban J connectivity index is 1.79. The molecule has 3 N–H and O–H groups in total. The number of hydrogen-bond acceptors (Lipinski definition) is 5. The Hall–Kier alpha value is -2.83. The molecule has 2 aromatic heterocycles. The van der Waals surface area contributed by atoms with Gasteiger partial charge in [0.1, 0.15) is 5.65 Å². The van der Waals surface area contributed by atoms with Gasteiger partial charge in [0.15, 0.2) is 0 Å². The van der Waals surface area contributed by atoms with E-state index in [1.807, 2.05) is 18.2 Å². The molecule has 0 aliphatic heterocycles. The summed E-state index contributed by atoms with van der Waals surface area (Å²) in [5, 5.41) is 4.91. The van der Waals surface area contributed by atoms with Gasteiger partial charge < -0.3 is 11.1 Å². The van der Waals surface area contributed by atoms with E-state index in [2.05, 4.69) is 15.3 Å². The second-order valence-corrected chi connectivity index (χ2v) is 7.38. The lowest BCUT2D eigenvalue weighted by Gasteiger charge is -2.16. The van der Waals surface area contributed by atoms with Crippen LogP contribution in [0, 0.1) is 0 Å². The van der Waals surface area contributed by atoms with E-state index in [4.69, 9.17) is 28.9 Å². The summed E-state index contributed by atoms with van der Waals surface area (Å²) >= 11 is 12.7. The monoisotopic (exact) mass is 413 g/mol. The van der Waals surface area contributed by atoms with Crippen LogP contribution >= 0.6 is 23.2 Å². The van der Waals surface area contributed by atoms with Crippen LogP contribution in [0.25, 0.3) is 16.6 Å². The summed E-state index contributed by atoms with van der Waals surface area (Å²) in [6.07, 6.45) is 4.97. The zero-order valence-corrected chi connectivity index (χ0v) is 16.6. The van der Waals surface area contributed by atoms with Crippen molar-refractivity contribution in [3.8, 4) is 0 Å². The molecule has 0 amide bonds. The topological polar surface area (TPSA) is 85.8 Å². The van der Waals surface area contributed by atoms with E-state index < -0.39 is 0 Å². The number of nitrogen functional groups attached to an aromatic ring is 1. The molecule has 0 saturated carbocycles. The Labute approximate surface area is 171 Å². The highest BCUT2D eigenvalue weighted by molar-refractivity contribution is 6.42. The van der Waals surface area contributed by atoms with Crippen LogP contribution in [0.5, 0.6) is 0 Å². The first-order valence-corrected chi connectivity index (χ1v) is 9.44. The molecule has 28 heavy (non-hydrogen) atoms. The number of aryl methyl sites for hydroxylation is 1. The quantitative estimate of drug-likeness (QED) is 0.616. The Morgan fingerprint density at radius 1 is 1.21 bits per heavy atom. The summed E-state index contributed by atoms with van der Waals surface area (Å²) < 4.78 is 1.48. The molecule has 1 aliphatic rings. The number of benzene rings is 1. The fourth-order valence-electron chi connectivity index (χ4n) is 3.14. The standard InChI is InChI=1S/C20H17Cl2N5O/c1-27-18-11(9-14(19(27)28)17-15(21)3-2-4-16(17)22)10-24-20(26-18)25-13-7-5-12(23)6-8-13/h3,5-10H,2,4,23H2,1H3,(H,24,25,26). The van der Waals surface area contributed by atoms with Crippen LogP contribution in [0.4, 0.5) is 17.3 Å². The Morgan fingerprint density at radius 2 is 1.96 bits per heavy atom. The molecule has 1 aliphatic carbocycles. The van der Waals surface area contributed by atoms with Crippen molar-refractivity contribution in [3.05, 3.63) is 68.6 Å². The number of nitrogens with zero attached hydrogens (tertiary/aromatic N) is 3. The van der Waals surface area contributed by atoms with Crippen LogP contribution in [-0.2, 0) is 7.05 Å². The number of fused-ring (bicyclic) bond motifs is 1. The fraction of sp³-hybridized carbons (Fsp3) is 0.150. The van der Waals surface area contributed by atoms with Gasteiger partial charge in [-0.25, -0.2) is 4.98 Å². The van der Waals surface area contributed by atoms with Crippen LogP contribution < -0.4 is 16.6 Å². The number of allylic oxidation sites excluding steroid dienone is 4. The first-order valence-electron chi connectivity index (χ1n) is 8.68. The van der Waals surface area contributed by atoms with Crippen molar-refractivity contribution < 1.29 is 0 Å². The van der Waals surface area contributed by atoms with E-state index in [-0.39, 0.29) is 5.56 Å². The minimum absolute atomic E-state index is 0.216. The lowest BCUT2D eigenvalue weighted by atomic mass is 9.99. The lowest BCUT2D eigenvalue weighted by molar-refractivity contribution is 0.879. The van der Waals surface area contributed by atoms with Crippen LogP contribution in [0.15, 0.2) is 57.5 Å². The molecule has 0 fully saturated rings. The van der Waals surface area contributed by atoms with E-state index in [9.17, 15) is 4.79 Å². The third kappa shape index (κ3) is 3.37. The normalized spacial score (nSPS) is 14.3. The van der Waals surface area contributed by atoms with Crippen LogP contribution in [0.3, 0.4) is 0 Å². The third-order valence-electron chi connectivity index (χ3n) is 4.58. The van der Waals surface area contributed by atoms with Crippen molar-refractivity contribution in [1.29, 1.82) is 0 Å². The van der Waals surface area contributed by atoms with E-state index in [1.54, 1.807) is 31.4 Å². The van der Waals surface area contributed by atoms with E-state index in [0.29, 0.717) is 50.3 Å². The van der Waals surface area contributed by atoms with Crippen molar-refractivity contribution in [2.75, 3.05) is 11.1 Å². The molecule has 2 heterocycles. The average molecular weight is 414 g/mol. The van der Waals surface area contributed by atoms with Crippen molar-refractivity contribution in [3.63, 3.8) is 0 Å². The molecule has 3 aromatic rings. The van der Waals surface area contributed by atoms with Crippen molar-refractivity contribution in [2.24, 2.45) is 7.05 Å². The third-order valence-corrected chi connectivity index (χ3v) is 5.30. The van der Waals surface area contributed by atoms with Crippen LogP contribution in [0.2, 0.25) is 0 Å². The number of anilines is 3. The fourth-order valence-corrected chi connectivity index (χ4v) is 3.82. The van der Waals surface area contributed by atoms with Gasteiger partial charge in [0.25, 0.3) is 5.56 Å². The van der Waals surface area contributed by atoms with Gasteiger partial charge in [-0.1, -0.05) is 29.3 Å². The Bertz CT molecular complexity index is 1200. The number of hydrogen-bond donors (Lipinski definition) is 2. The van der Waals surface area contributed by atoms with Gasteiger partial charge in [0.2, 0.25) is 5.95 Å². The Kier molecular flexibility index (Phi) is 4.83. The summed E-state index contributed by atoms with van der Waals surface area (Å²) in [7, 11) is 1.67. The first kappa shape index (κ1) is 18.5. The van der Waals surface area contributed by atoms with Crippen molar-refractivity contribution >= 4 is 57.1 Å². The van der Waals surface area contributed by atoms with Gasteiger partial charge in [-0.15, -0.1) is 0 Å². The molecular formula is C20H17Cl2N5O. The number of halogens is 2. The maximum atomic E-state index is 13.0. The highest BCUT2D eigenvalue weighted by atomic mass is 35.5. The molecule has 0 radical (unpaired) electrons. The summed E-state index contributed by atoms with van der Waals surface area (Å²) in [5.41, 5.74) is 8.49. The first-order chi connectivity index (χ1) is 13.4. The van der Waals surface area contributed by atoms with Gasteiger partial charge in [-0.05, 0) is 43.2 Å². The summed E-state index contributed by atoms with van der Waals surface area (Å²) in [5.74, 6) is 0.382. The number of rotatable bonds is 3. The molecule has 6 nitrogen and oxygen atoms in total. The maximum absolute atomic E-state index is 13.0. The summed E-state index contributed by atoms with van der Waals surface area (Å²) in [4.78, 5) is 21.8. The molecule has 0 spiro atoms. The van der Waals surface area contributed by atoms with Crippen molar-refractivity contribution in [2.45, 2.75) is 12.8 Å². The second-order valence-electron chi connectivity index (χ2n) is 6.51. The predicted octanol–water partition coefficient (Wildman–Crippen LogP) is 4.52. The number of nitrogens with one attached hydrogen (secondary N) is 1. The number of pyridine rings is 1. The van der Waals surface area contributed by atoms with Gasteiger partial charge in [0.05, 0.1) is 5.56 Å². The molecule has 0 atom stereocenters. The van der Waals surface area contributed by atoms with Gasteiger partial charge in [0, 0.05) is 45.6 Å². The SMILES string of the molecule is Cn1c(=O)c(C2=C(Cl)CCC=C2Cl)cc2cnc(Nc3ccc(N)cc3)nc21. The smallest absolute Gasteiger partial charge is 0.259 e. The van der Waals surface area contributed by atoms with Crippen LogP contribution in [0.1, 0.15) is 18.4 Å². The van der Waals surface area contributed by atoms with Gasteiger partial charge in [-0.3, -0.25) is 9.36 Å². The summed E-state index contributed by atoms with van der Waals surface area (Å²) in [6.45, 7) is 0. The van der Waals surface area contributed by atoms with E-state index >= 15 is 0 Å². The summed E-state index contributed by atoms with van der Waals surface area (Å²) in [6, 6.07) is 8.96. The highest BCUT2D eigenvalue weighted by Gasteiger charge is 2.20. The molecule has 0 saturated heterocycles. The lowest BCUT2D eigenvalue weighted by Crippen LogP contribution is -2.22. The Morgan fingerprint density at radius 3 is 2.68 bits per heavy atom. The average Bonchev–Trinajstić information content (AvgIpc) is 2.68. The predicted molar refractivity (Wildman–Crippen MR) is 115 cm³/mol. The largest absolute Gasteiger partial charge is 0.399 e. The maximum Gasteiger partial charge on any atom is 0.259 e. The highest BCUT2D eigenvalue weighted by Crippen LogP contribution is 2.36. The molecule has 8 heteroatoms. The van der Waals surface area contributed by atoms with Gasteiger partial charge >= 0.3 is 0 Å². The second kappa shape index (κ2) is 7.30. The number of nitrogens with two attached hydrogens (primary N) is 1. The minimum Gasteiger partial charge on any atom is -0.399 e. The van der Waals surface area contributed by atoms with Gasteiger partial charge in [-0.2, -0.15) is 4.98 Å². The zero-order valence-electron chi connectivity index (χ0n) is 15.0. The molecule has 0 unspecified atom stereocenters. The number of aromatic nitrogens is 3. The van der Waals surface area contributed by atoms with E-state index in [1.165, 1.54) is 4.57 Å². The van der Waals surface area contributed by atoms with Crippen molar-refractivity contribution in [1.82, 2.24) is 14.5 Å². The molecular weight excluding hydrogens is 397 g/mol.